The predicted octanol–water partition coefficient (Wildman–Crippen LogP) is 0.532. The van der Waals surface area contributed by atoms with Crippen molar-refractivity contribution in [2.45, 2.75) is 32.6 Å². The summed E-state index contributed by atoms with van der Waals surface area (Å²) in [5.41, 5.74) is 5.59. The lowest BCUT2D eigenvalue weighted by molar-refractivity contribution is -0.780. The fraction of sp³-hybridized carbons (Fsp3) is 0.571. The van der Waals surface area contributed by atoms with Crippen molar-refractivity contribution in [2.75, 3.05) is 19.6 Å². The van der Waals surface area contributed by atoms with E-state index in [1.54, 1.807) is 12.4 Å². The lowest BCUT2D eigenvalue weighted by Gasteiger charge is -2.32. The number of carbonyl (C=O) groups excluding carboxylic acids is 1. The van der Waals surface area contributed by atoms with Crippen LogP contribution >= 0.6 is 0 Å². The maximum Gasteiger partial charge on any atom is 0.211 e. The van der Waals surface area contributed by atoms with Crippen molar-refractivity contribution in [3.05, 3.63) is 24.6 Å². The average Bonchev–Trinajstić information content (AvgIpc) is 2.71. The van der Waals surface area contributed by atoms with Crippen molar-refractivity contribution in [1.82, 2.24) is 0 Å². The standard InChI is InChI=1S/C14H23N3O2/c1-2-3-4-5-6-7-13-16-9-11-17(13,10-8-15)12-14(18)19/h5-6,9,11H,2-4,7-8,10,12,15H2,1H3/b6-5+. The Morgan fingerprint density at radius 1 is 1.53 bits per heavy atom. The van der Waals surface area contributed by atoms with Gasteiger partial charge >= 0.3 is 0 Å². The third kappa shape index (κ3) is 4.61. The largest absolute Gasteiger partial charge is 0.544 e. The first kappa shape index (κ1) is 15.6. The van der Waals surface area contributed by atoms with Gasteiger partial charge in [-0.25, -0.2) is 9.48 Å². The number of carbonyl (C=O) groups is 1. The molecule has 0 bridgehead atoms. The van der Waals surface area contributed by atoms with E-state index in [4.69, 9.17) is 5.73 Å². The highest BCUT2D eigenvalue weighted by Crippen LogP contribution is 2.18. The normalized spacial score (nSPS) is 22.1. The van der Waals surface area contributed by atoms with Crippen LogP contribution in [0.3, 0.4) is 0 Å². The number of hydrogen-bond donors (Lipinski definition) is 1. The van der Waals surface area contributed by atoms with Crippen LogP contribution < -0.4 is 10.8 Å². The third-order valence-corrected chi connectivity index (χ3v) is 3.22. The molecule has 106 valence electrons. The predicted molar refractivity (Wildman–Crippen MR) is 73.9 cm³/mol. The Kier molecular flexibility index (Phi) is 6.45. The quantitative estimate of drug-likeness (QED) is 0.375. The van der Waals surface area contributed by atoms with Gasteiger partial charge < -0.3 is 15.6 Å². The lowest BCUT2D eigenvalue weighted by atomic mass is 10.2. The molecule has 2 N–H and O–H groups in total. The molecule has 0 radical (unpaired) electrons. The Labute approximate surface area is 114 Å². The lowest BCUT2D eigenvalue weighted by Crippen LogP contribution is -2.54. The van der Waals surface area contributed by atoms with Crippen molar-refractivity contribution in [1.29, 1.82) is 0 Å². The fourth-order valence-corrected chi connectivity index (χ4v) is 2.20. The average molecular weight is 265 g/mol. The van der Waals surface area contributed by atoms with E-state index in [1.165, 1.54) is 12.8 Å². The third-order valence-electron chi connectivity index (χ3n) is 3.22. The van der Waals surface area contributed by atoms with E-state index >= 15 is 0 Å². The van der Waals surface area contributed by atoms with Crippen molar-refractivity contribution in [2.24, 2.45) is 10.7 Å². The van der Waals surface area contributed by atoms with Crippen LogP contribution in [-0.4, -0.2) is 35.9 Å². The molecule has 0 aromatic heterocycles. The molecule has 0 fully saturated rings. The summed E-state index contributed by atoms with van der Waals surface area (Å²) in [6, 6.07) is 0. The smallest absolute Gasteiger partial charge is 0.211 e. The van der Waals surface area contributed by atoms with E-state index < -0.39 is 5.97 Å². The monoisotopic (exact) mass is 265 g/mol. The van der Waals surface area contributed by atoms with E-state index in [1.807, 2.05) is 0 Å². The van der Waals surface area contributed by atoms with Gasteiger partial charge in [0.25, 0.3) is 0 Å². The molecule has 0 spiro atoms. The van der Waals surface area contributed by atoms with Crippen molar-refractivity contribution < 1.29 is 14.4 Å². The van der Waals surface area contributed by atoms with E-state index in [-0.39, 0.29) is 11.0 Å². The zero-order valence-electron chi connectivity index (χ0n) is 11.5. The minimum atomic E-state index is -1.08. The second-order valence-electron chi connectivity index (χ2n) is 4.74. The summed E-state index contributed by atoms with van der Waals surface area (Å²) in [4.78, 5) is 15.2. The summed E-state index contributed by atoms with van der Waals surface area (Å²) in [6.07, 6.45) is 11.7. The number of nitrogens with zero attached hydrogens (tertiary/aromatic N) is 2. The molecule has 19 heavy (non-hydrogen) atoms. The highest BCUT2D eigenvalue weighted by Gasteiger charge is 2.33. The van der Waals surface area contributed by atoms with Crippen LogP contribution in [0.1, 0.15) is 32.6 Å². The minimum Gasteiger partial charge on any atom is -0.544 e. The van der Waals surface area contributed by atoms with E-state index in [9.17, 15) is 9.90 Å². The van der Waals surface area contributed by atoms with Crippen LogP contribution in [-0.2, 0) is 4.79 Å². The van der Waals surface area contributed by atoms with E-state index in [0.717, 1.165) is 12.3 Å². The number of rotatable bonds is 9. The second kappa shape index (κ2) is 7.86. The molecule has 1 rings (SSSR count). The highest BCUT2D eigenvalue weighted by molar-refractivity contribution is 5.82. The molecule has 0 aliphatic carbocycles. The van der Waals surface area contributed by atoms with Crippen LogP contribution in [0.2, 0.25) is 0 Å². The van der Waals surface area contributed by atoms with Gasteiger partial charge in [0.15, 0.2) is 0 Å². The SMILES string of the molecule is CCCC/C=C/CC1=NC=C[N+]1(CCN)CC(=O)[O-]. The summed E-state index contributed by atoms with van der Waals surface area (Å²) in [5, 5.41) is 10.9. The maximum absolute atomic E-state index is 10.9. The number of carboxylic acid groups (broad SMARTS) is 1. The Morgan fingerprint density at radius 3 is 2.95 bits per heavy atom. The Balaban J connectivity index is 2.65. The Morgan fingerprint density at radius 2 is 2.32 bits per heavy atom. The number of carboxylic acids is 1. The number of aliphatic carboxylic acids is 1. The fourth-order valence-electron chi connectivity index (χ4n) is 2.20. The molecule has 1 atom stereocenters. The number of aliphatic imine (C=N–C) groups is 1. The minimum absolute atomic E-state index is 0.102. The van der Waals surface area contributed by atoms with Gasteiger partial charge in [0.1, 0.15) is 19.3 Å². The van der Waals surface area contributed by atoms with E-state index in [2.05, 4.69) is 24.1 Å². The van der Waals surface area contributed by atoms with Crippen LogP contribution in [0.4, 0.5) is 0 Å². The summed E-state index contributed by atoms with van der Waals surface area (Å²) in [7, 11) is 0. The molecule has 1 heterocycles. The summed E-state index contributed by atoms with van der Waals surface area (Å²) in [6.45, 7) is 3.00. The van der Waals surface area contributed by atoms with Crippen LogP contribution in [0.15, 0.2) is 29.5 Å². The second-order valence-corrected chi connectivity index (χ2v) is 4.74. The number of allylic oxidation sites excluding steroid dienone is 1. The van der Waals surface area contributed by atoms with Crippen LogP contribution in [0.25, 0.3) is 0 Å². The molecule has 0 aromatic carbocycles. The molecule has 5 nitrogen and oxygen atoms in total. The number of unbranched alkanes of at least 4 members (excludes halogenated alkanes) is 2. The number of amidine groups is 1. The molecule has 0 saturated heterocycles. The van der Waals surface area contributed by atoms with Gasteiger partial charge in [-0.3, -0.25) is 0 Å². The van der Waals surface area contributed by atoms with E-state index in [0.29, 0.717) is 19.5 Å². The van der Waals surface area contributed by atoms with Crippen LogP contribution in [0, 0.1) is 0 Å². The Hall–Kier alpha value is -1.46. The molecular formula is C14H23N3O2. The zero-order valence-corrected chi connectivity index (χ0v) is 11.5. The van der Waals surface area contributed by atoms with Gasteiger partial charge in [-0.2, -0.15) is 0 Å². The van der Waals surface area contributed by atoms with Gasteiger partial charge in [-0.1, -0.05) is 31.9 Å². The molecule has 1 aliphatic rings. The van der Waals surface area contributed by atoms with Crippen molar-refractivity contribution in [3.63, 3.8) is 0 Å². The number of quaternary nitrogens is 1. The molecule has 0 aromatic rings. The van der Waals surface area contributed by atoms with Crippen molar-refractivity contribution in [3.8, 4) is 0 Å². The molecule has 1 aliphatic heterocycles. The van der Waals surface area contributed by atoms with Gasteiger partial charge in [-0.05, 0) is 6.42 Å². The summed E-state index contributed by atoms with van der Waals surface area (Å²) in [5.74, 6) is -0.259. The molecule has 5 heteroatoms. The molecular weight excluding hydrogens is 242 g/mol. The van der Waals surface area contributed by atoms with Crippen LogP contribution in [0.5, 0.6) is 0 Å². The zero-order chi connectivity index (χ0) is 14.1. The number of nitrogens with two attached hydrogens (primary N) is 1. The van der Waals surface area contributed by atoms with Gasteiger partial charge in [0.2, 0.25) is 5.84 Å². The van der Waals surface area contributed by atoms with Gasteiger partial charge in [0, 0.05) is 6.54 Å². The summed E-state index contributed by atoms with van der Waals surface area (Å²) >= 11 is 0. The highest BCUT2D eigenvalue weighted by atomic mass is 16.4. The molecule has 0 amide bonds. The maximum atomic E-state index is 10.9. The molecule has 0 saturated carbocycles. The first-order chi connectivity index (χ1) is 9.14. The Bertz CT molecular complexity index is 388. The van der Waals surface area contributed by atoms with Crippen molar-refractivity contribution >= 4 is 11.8 Å². The first-order valence-electron chi connectivity index (χ1n) is 6.81. The molecule has 1 unspecified atom stereocenters. The first-order valence-corrected chi connectivity index (χ1v) is 6.81. The topological polar surface area (TPSA) is 78.5 Å². The summed E-state index contributed by atoms with van der Waals surface area (Å²) < 4.78 is 0.191. The number of hydrogen-bond acceptors (Lipinski definition) is 4. The van der Waals surface area contributed by atoms with Gasteiger partial charge in [-0.15, -0.1) is 0 Å². The van der Waals surface area contributed by atoms with Gasteiger partial charge in [0.05, 0.1) is 18.6 Å².